The van der Waals surface area contributed by atoms with E-state index in [1.165, 1.54) is 31.2 Å². The Kier molecular flexibility index (Phi) is 3.71. The van der Waals surface area contributed by atoms with Gasteiger partial charge in [-0.25, -0.2) is 0 Å². The molecule has 0 radical (unpaired) electrons. The predicted octanol–water partition coefficient (Wildman–Crippen LogP) is 3.94. The SMILES string of the molecule is CCCNC(Cc1ccncc1Cl)C1C2C3CCC(C3)C21. The van der Waals surface area contributed by atoms with Gasteiger partial charge in [0.1, 0.15) is 0 Å². The fraction of sp³-hybridized carbons (Fsp3) is 0.722. The second kappa shape index (κ2) is 5.55. The van der Waals surface area contributed by atoms with Crippen LogP contribution in [-0.2, 0) is 6.42 Å². The van der Waals surface area contributed by atoms with E-state index in [4.69, 9.17) is 11.6 Å². The van der Waals surface area contributed by atoms with E-state index in [0.717, 1.165) is 47.6 Å². The Morgan fingerprint density at radius 1 is 1.33 bits per heavy atom. The lowest BCUT2D eigenvalue weighted by Gasteiger charge is -2.22. The highest BCUT2D eigenvalue weighted by Crippen LogP contribution is 2.70. The summed E-state index contributed by atoms with van der Waals surface area (Å²) in [5.74, 6) is 5.05. The number of pyridine rings is 1. The summed E-state index contributed by atoms with van der Waals surface area (Å²) in [5.41, 5.74) is 1.26. The minimum Gasteiger partial charge on any atom is -0.313 e. The fourth-order valence-corrected chi connectivity index (χ4v) is 5.61. The molecular weight excluding hydrogens is 280 g/mol. The molecule has 1 N–H and O–H groups in total. The van der Waals surface area contributed by atoms with Crippen LogP contribution in [0, 0.1) is 29.6 Å². The third kappa shape index (κ3) is 2.41. The van der Waals surface area contributed by atoms with Gasteiger partial charge >= 0.3 is 0 Å². The van der Waals surface area contributed by atoms with Gasteiger partial charge < -0.3 is 5.32 Å². The van der Waals surface area contributed by atoms with Crippen molar-refractivity contribution in [2.24, 2.45) is 29.6 Å². The number of nitrogens with one attached hydrogen (secondary N) is 1. The first-order valence-corrected chi connectivity index (χ1v) is 8.99. The summed E-state index contributed by atoms with van der Waals surface area (Å²) in [4.78, 5) is 4.11. The predicted molar refractivity (Wildman–Crippen MR) is 86.3 cm³/mol. The molecule has 21 heavy (non-hydrogen) atoms. The number of rotatable bonds is 6. The monoisotopic (exact) mass is 304 g/mol. The van der Waals surface area contributed by atoms with Gasteiger partial charge in [-0.3, -0.25) is 4.98 Å². The van der Waals surface area contributed by atoms with Crippen molar-refractivity contribution in [1.82, 2.24) is 10.3 Å². The van der Waals surface area contributed by atoms with Crippen molar-refractivity contribution < 1.29 is 0 Å². The van der Waals surface area contributed by atoms with Gasteiger partial charge in [-0.15, -0.1) is 0 Å². The maximum atomic E-state index is 6.33. The van der Waals surface area contributed by atoms with E-state index in [1.54, 1.807) is 6.20 Å². The van der Waals surface area contributed by atoms with E-state index >= 15 is 0 Å². The largest absolute Gasteiger partial charge is 0.313 e. The van der Waals surface area contributed by atoms with Crippen molar-refractivity contribution in [2.45, 2.75) is 45.1 Å². The number of fused-ring (bicyclic) bond motifs is 5. The third-order valence-corrected chi connectivity index (χ3v) is 6.55. The zero-order chi connectivity index (χ0) is 14.4. The van der Waals surface area contributed by atoms with Crippen LogP contribution in [0.5, 0.6) is 0 Å². The summed E-state index contributed by atoms with van der Waals surface area (Å²) in [6, 6.07) is 2.71. The van der Waals surface area contributed by atoms with E-state index in [0.29, 0.717) is 6.04 Å². The van der Waals surface area contributed by atoms with Crippen LogP contribution in [0.2, 0.25) is 5.02 Å². The Balaban J connectivity index is 1.49. The molecule has 2 nitrogen and oxygen atoms in total. The standard InChI is InChI=1S/C18H25ClN2/c1-2-6-21-15(9-11-5-7-20-10-14(11)19)18-16-12-3-4-13(8-12)17(16)18/h5,7,10,12-13,15-18,21H,2-4,6,8-9H2,1H3. The van der Waals surface area contributed by atoms with Crippen LogP contribution < -0.4 is 5.32 Å². The minimum atomic E-state index is 0.614. The topological polar surface area (TPSA) is 24.9 Å². The lowest BCUT2D eigenvalue weighted by atomic mass is 9.93. The molecule has 3 fully saturated rings. The van der Waals surface area contributed by atoms with E-state index in [-0.39, 0.29) is 0 Å². The Bertz CT molecular complexity index is 502. The van der Waals surface area contributed by atoms with Crippen molar-refractivity contribution in [3.05, 3.63) is 29.0 Å². The number of aromatic nitrogens is 1. The smallest absolute Gasteiger partial charge is 0.0621 e. The van der Waals surface area contributed by atoms with Crippen LogP contribution in [0.3, 0.4) is 0 Å². The first-order chi connectivity index (χ1) is 10.3. The number of halogens is 1. The van der Waals surface area contributed by atoms with E-state index in [9.17, 15) is 0 Å². The first-order valence-electron chi connectivity index (χ1n) is 8.61. The molecule has 114 valence electrons. The molecule has 3 heteroatoms. The zero-order valence-electron chi connectivity index (χ0n) is 12.8. The first kappa shape index (κ1) is 14.0. The second-order valence-corrected chi connectivity index (χ2v) is 7.70. The highest BCUT2D eigenvalue weighted by atomic mass is 35.5. The van der Waals surface area contributed by atoms with Crippen LogP contribution in [0.1, 0.15) is 38.2 Å². The summed E-state index contributed by atoms with van der Waals surface area (Å²) >= 11 is 6.33. The molecule has 4 rings (SSSR count). The molecule has 0 aromatic carbocycles. The van der Waals surface area contributed by atoms with Crippen LogP contribution in [0.4, 0.5) is 0 Å². The highest BCUT2D eigenvalue weighted by Gasteiger charge is 2.66. The molecule has 0 amide bonds. The summed E-state index contributed by atoms with van der Waals surface area (Å²) in [6.45, 7) is 3.37. The summed E-state index contributed by atoms with van der Waals surface area (Å²) in [5, 5.41) is 4.65. The Labute approximate surface area is 132 Å². The minimum absolute atomic E-state index is 0.614. The summed E-state index contributed by atoms with van der Waals surface area (Å²) in [6.07, 6.45) is 10.5. The van der Waals surface area contributed by atoms with Crippen molar-refractivity contribution in [1.29, 1.82) is 0 Å². The quantitative estimate of drug-likeness (QED) is 0.861. The Morgan fingerprint density at radius 2 is 2.10 bits per heavy atom. The Hall–Kier alpha value is -0.600. The average Bonchev–Trinajstić information content (AvgIpc) is 2.92. The molecule has 1 heterocycles. The molecule has 1 aromatic rings. The van der Waals surface area contributed by atoms with E-state index < -0.39 is 0 Å². The number of hydrogen-bond donors (Lipinski definition) is 1. The summed E-state index contributed by atoms with van der Waals surface area (Å²) < 4.78 is 0. The highest BCUT2D eigenvalue weighted by molar-refractivity contribution is 6.31. The molecule has 0 saturated heterocycles. The van der Waals surface area contributed by atoms with Gasteiger partial charge in [0.25, 0.3) is 0 Å². The molecular formula is C18H25ClN2. The zero-order valence-corrected chi connectivity index (χ0v) is 13.5. The lowest BCUT2D eigenvalue weighted by Crippen LogP contribution is -2.36. The molecule has 0 spiro atoms. The number of nitrogens with zero attached hydrogens (tertiary/aromatic N) is 1. The van der Waals surface area contributed by atoms with Gasteiger partial charge in [0.15, 0.2) is 0 Å². The third-order valence-electron chi connectivity index (χ3n) is 6.21. The maximum absolute atomic E-state index is 6.33. The van der Waals surface area contributed by atoms with Gasteiger partial charge in [0, 0.05) is 18.4 Å². The molecule has 3 saturated carbocycles. The molecule has 1 aromatic heterocycles. The molecule has 5 atom stereocenters. The molecule has 2 bridgehead atoms. The maximum Gasteiger partial charge on any atom is 0.0621 e. The molecule has 5 unspecified atom stereocenters. The van der Waals surface area contributed by atoms with Gasteiger partial charge in [-0.05, 0) is 79.9 Å². The van der Waals surface area contributed by atoms with Gasteiger partial charge in [-0.2, -0.15) is 0 Å². The van der Waals surface area contributed by atoms with Crippen LogP contribution in [-0.4, -0.2) is 17.6 Å². The van der Waals surface area contributed by atoms with Gasteiger partial charge in [0.2, 0.25) is 0 Å². The van der Waals surface area contributed by atoms with Crippen molar-refractivity contribution in [3.8, 4) is 0 Å². The second-order valence-electron chi connectivity index (χ2n) is 7.30. The van der Waals surface area contributed by atoms with Crippen LogP contribution in [0.15, 0.2) is 18.5 Å². The number of hydrogen-bond acceptors (Lipinski definition) is 2. The van der Waals surface area contributed by atoms with Gasteiger partial charge in [0.05, 0.1) is 5.02 Å². The normalized spacial score (nSPS) is 37.5. The lowest BCUT2D eigenvalue weighted by molar-refractivity contribution is 0.361. The van der Waals surface area contributed by atoms with Crippen LogP contribution >= 0.6 is 11.6 Å². The average molecular weight is 305 g/mol. The molecule has 3 aliphatic rings. The van der Waals surface area contributed by atoms with E-state index in [2.05, 4.69) is 23.3 Å². The Morgan fingerprint density at radius 3 is 2.76 bits per heavy atom. The summed E-state index contributed by atoms with van der Waals surface area (Å²) in [7, 11) is 0. The van der Waals surface area contributed by atoms with Crippen molar-refractivity contribution >= 4 is 11.6 Å². The van der Waals surface area contributed by atoms with Gasteiger partial charge in [-0.1, -0.05) is 18.5 Å². The van der Waals surface area contributed by atoms with Crippen LogP contribution in [0.25, 0.3) is 0 Å². The van der Waals surface area contributed by atoms with Crippen molar-refractivity contribution in [3.63, 3.8) is 0 Å². The fourth-order valence-electron chi connectivity index (χ4n) is 5.41. The molecule has 0 aliphatic heterocycles. The van der Waals surface area contributed by atoms with E-state index in [1.807, 2.05) is 6.20 Å². The molecule has 3 aliphatic carbocycles. The van der Waals surface area contributed by atoms with Crippen molar-refractivity contribution in [2.75, 3.05) is 6.54 Å².